The van der Waals surface area contributed by atoms with Crippen LogP contribution >= 0.6 is 0 Å². The van der Waals surface area contributed by atoms with Crippen LogP contribution in [-0.4, -0.2) is 94.3 Å². The molecule has 9 heteroatoms. The molecule has 5 aromatic carbocycles. The molecule has 5 aromatic rings. The van der Waals surface area contributed by atoms with E-state index in [0.717, 1.165) is 104 Å². The van der Waals surface area contributed by atoms with Gasteiger partial charge in [-0.25, -0.2) is 0 Å². The van der Waals surface area contributed by atoms with E-state index < -0.39 is 12.1 Å². The fourth-order valence-electron chi connectivity index (χ4n) is 10.8. The highest BCUT2D eigenvalue weighted by Crippen LogP contribution is 2.33. The summed E-state index contributed by atoms with van der Waals surface area (Å²) in [6, 6.07) is 45.8. The van der Waals surface area contributed by atoms with Crippen LogP contribution in [0.5, 0.6) is 0 Å². The van der Waals surface area contributed by atoms with Crippen LogP contribution in [-0.2, 0) is 45.1 Å². The van der Waals surface area contributed by atoms with E-state index in [4.69, 9.17) is 0 Å². The third kappa shape index (κ3) is 10.5. The Balaban J connectivity index is 0.822. The second kappa shape index (κ2) is 20.9. The lowest BCUT2D eigenvalue weighted by molar-refractivity contribution is -0.142. The highest BCUT2D eigenvalue weighted by molar-refractivity contribution is 5.94. The number of para-hydroxylation sites is 1. The van der Waals surface area contributed by atoms with E-state index in [2.05, 4.69) is 87.5 Å². The number of benzene rings is 5. The van der Waals surface area contributed by atoms with Gasteiger partial charge in [0, 0.05) is 44.7 Å². The van der Waals surface area contributed by atoms with E-state index in [9.17, 15) is 19.2 Å². The first-order valence-corrected chi connectivity index (χ1v) is 24.1. The third-order valence-electron chi connectivity index (χ3n) is 14.2. The van der Waals surface area contributed by atoms with Gasteiger partial charge in [0.1, 0.15) is 12.1 Å². The van der Waals surface area contributed by atoms with E-state index in [0.29, 0.717) is 51.9 Å². The number of anilines is 1. The summed E-state index contributed by atoms with van der Waals surface area (Å²) in [6.45, 7) is 6.21. The first kappa shape index (κ1) is 44.3. The Labute approximate surface area is 385 Å². The molecule has 9 nitrogen and oxygen atoms in total. The molecule has 0 saturated carbocycles. The van der Waals surface area contributed by atoms with Gasteiger partial charge in [-0.05, 0) is 123 Å². The monoisotopic (exact) mass is 869 g/mol. The van der Waals surface area contributed by atoms with Gasteiger partial charge < -0.3 is 14.7 Å². The van der Waals surface area contributed by atoms with Crippen LogP contribution in [0.4, 0.5) is 5.69 Å². The molecule has 4 fully saturated rings. The Bertz CT molecular complexity index is 2210. The minimum Gasteiger partial charge on any atom is -0.363 e. The smallest absolute Gasteiger partial charge is 0.245 e. The van der Waals surface area contributed by atoms with Crippen molar-refractivity contribution in [1.29, 1.82) is 0 Å². The lowest BCUT2D eigenvalue weighted by Gasteiger charge is -2.33. The van der Waals surface area contributed by atoms with Gasteiger partial charge in [-0.1, -0.05) is 127 Å². The number of ketones is 2. The Morgan fingerprint density at radius 3 is 1.17 bits per heavy atom. The van der Waals surface area contributed by atoms with Crippen molar-refractivity contribution in [1.82, 2.24) is 19.6 Å². The predicted octanol–water partition coefficient (Wildman–Crippen LogP) is 8.77. The molecule has 4 atom stereocenters. The zero-order valence-corrected chi connectivity index (χ0v) is 37.7. The van der Waals surface area contributed by atoms with Gasteiger partial charge in [0.25, 0.3) is 0 Å². The number of carbonyl (C=O) groups excluding carboxylic acids is 4. The molecule has 0 radical (unpaired) electrons. The van der Waals surface area contributed by atoms with Gasteiger partial charge in [0.15, 0.2) is 11.6 Å². The Morgan fingerprint density at radius 1 is 0.431 bits per heavy atom. The highest BCUT2D eigenvalue weighted by atomic mass is 16.2. The van der Waals surface area contributed by atoms with Crippen molar-refractivity contribution in [2.24, 2.45) is 0 Å². The normalized spacial score (nSPS) is 19.9. The molecule has 4 aliphatic heterocycles. The largest absolute Gasteiger partial charge is 0.363 e. The number of hydrogen-bond acceptors (Lipinski definition) is 7. The average Bonchev–Trinajstić information content (AvgIpc) is 4.21. The maximum atomic E-state index is 14.2. The molecule has 0 N–H and O–H groups in total. The Hall–Kier alpha value is -5.90. The second-order valence-electron chi connectivity index (χ2n) is 18.6. The topological polar surface area (TPSA) is 84.5 Å². The average molecular weight is 870 g/mol. The fourth-order valence-corrected chi connectivity index (χ4v) is 10.8. The van der Waals surface area contributed by atoms with Crippen LogP contribution in [0, 0.1) is 0 Å². The quantitative estimate of drug-likeness (QED) is 0.0925. The van der Waals surface area contributed by atoms with E-state index in [1.54, 1.807) is 0 Å². The Kier molecular flexibility index (Phi) is 14.3. The van der Waals surface area contributed by atoms with Crippen LogP contribution in [0.2, 0.25) is 0 Å². The van der Waals surface area contributed by atoms with Crippen LogP contribution < -0.4 is 4.90 Å². The molecule has 9 rings (SSSR count). The van der Waals surface area contributed by atoms with Gasteiger partial charge >= 0.3 is 0 Å². The van der Waals surface area contributed by atoms with Gasteiger partial charge in [0.05, 0.1) is 12.1 Å². The molecule has 0 aliphatic carbocycles. The molecule has 2 amide bonds. The van der Waals surface area contributed by atoms with Crippen molar-refractivity contribution in [2.75, 3.05) is 44.2 Å². The summed E-state index contributed by atoms with van der Waals surface area (Å²) in [7, 11) is 0. The summed E-state index contributed by atoms with van der Waals surface area (Å²) < 4.78 is 0. The summed E-state index contributed by atoms with van der Waals surface area (Å²) >= 11 is 0. The molecule has 4 aliphatic rings. The standard InChI is InChI=1S/C56H63N5O4/c62-51(49-22-14-36-60(49)55(64)53(57-32-10-11-33-57)46-16-4-1-5-17-46)38-42-24-28-44(29-25-42)40-59(48-20-8-3-9-21-48)41-45-30-26-43(27-31-45)39-52(63)50-23-15-37-61(50)56(65)54(58-34-12-13-35-58)47-18-6-2-7-19-47/h1-9,16-21,24-31,49-50,53-54H,10-15,22-23,32-41H2/t49-,50-,53+,54+/m0/s1. The van der Waals surface area contributed by atoms with Crippen molar-refractivity contribution in [3.8, 4) is 0 Å². The van der Waals surface area contributed by atoms with Crippen LogP contribution in [0.1, 0.15) is 96.8 Å². The van der Waals surface area contributed by atoms with E-state index in [1.807, 2.05) is 76.5 Å². The maximum absolute atomic E-state index is 14.2. The lowest BCUT2D eigenvalue weighted by Crippen LogP contribution is -2.47. The lowest BCUT2D eigenvalue weighted by atomic mass is 9.99. The number of nitrogens with zero attached hydrogens (tertiary/aromatic N) is 5. The van der Waals surface area contributed by atoms with Crippen molar-refractivity contribution in [3.63, 3.8) is 0 Å². The molecular formula is C56H63N5O4. The summed E-state index contributed by atoms with van der Waals surface area (Å²) in [5, 5.41) is 0. The summed E-state index contributed by atoms with van der Waals surface area (Å²) in [6.07, 6.45) is 8.08. The van der Waals surface area contributed by atoms with Gasteiger partial charge in [0.2, 0.25) is 11.8 Å². The van der Waals surface area contributed by atoms with Gasteiger partial charge in [-0.3, -0.25) is 29.0 Å². The van der Waals surface area contributed by atoms with E-state index in [1.165, 1.54) is 0 Å². The first-order chi connectivity index (χ1) is 31.9. The van der Waals surface area contributed by atoms with Crippen molar-refractivity contribution >= 4 is 29.1 Å². The van der Waals surface area contributed by atoms with Crippen molar-refractivity contribution in [3.05, 3.63) is 173 Å². The van der Waals surface area contributed by atoms with Gasteiger partial charge in [-0.15, -0.1) is 0 Å². The molecule has 0 bridgehead atoms. The van der Waals surface area contributed by atoms with Crippen LogP contribution in [0.15, 0.2) is 140 Å². The number of carbonyl (C=O) groups is 4. The van der Waals surface area contributed by atoms with E-state index in [-0.39, 0.29) is 35.5 Å². The third-order valence-corrected chi connectivity index (χ3v) is 14.2. The summed E-state index contributed by atoms with van der Waals surface area (Å²) in [5.74, 6) is 0.331. The molecule has 0 aromatic heterocycles. The summed E-state index contributed by atoms with van der Waals surface area (Å²) in [4.78, 5) is 67.0. The molecule has 65 heavy (non-hydrogen) atoms. The number of likely N-dealkylation sites (tertiary alicyclic amines) is 4. The summed E-state index contributed by atoms with van der Waals surface area (Å²) in [5.41, 5.74) is 7.31. The molecule has 0 spiro atoms. The first-order valence-electron chi connectivity index (χ1n) is 24.1. The zero-order valence-electron chi connectivity index (χ0n) is 37.7. The number of amides is 2. The molecular weight excluding hydrogens is 807 g/mol. The highest BCUT2D eigenvalue weighted by Gasteiger charge is 2.41. The van der Waals surface area contributed by atoms with Crippen molar-refractivity contribution in [2.45, 2.75) is 101 Å². The molecule has 4 saturated heterocycles. The predicted molar refractivity (Wildman–Crippen MR) is 256 cm³/mol. The second-order valence-corrected chi connectivity index (χ2v) is 18.6. The number of rotatable bonds is 17. The molecule has 0 unspecified atom stereocenters. The SMILES string of the molecule is O=C(Cc1ccc(CN(Cc2ccc(CC(=O)[C@@H]3CCCN3C(=O)[C@@H](c3ccccc3)N3CCCC3)cc2)c2ccccc2)cc1)[C@@H]1CCCN1C(=O)[C@@H](c1ccccc1)N1CCCC1. The molecule has 4 heterocycles. The minimum absolute atomic E-state index is 0.0579. The fraction of sp³-hybridized carbons (Fsp3) is 0.393. The van der Waals surface area contributed by atoms with Crippen LogP contribution in [0.3, 0.4) is 0 Å². The number of hydrogen-bond donors (Lipinski definition) is 0. The zero-order chi connectivity index (χ0) is 44.5. The number of Topliss-reactive ketones (excluding diaryl/α,β-unsaturated/α-hetero) is 2. The van der Waals surface area contributed by atoms with Gasteiger partial charge in [-0.2, -0.15) is 0 Å². The van der Waals surface area contributed by atoms with Crippen LogP contribution in [0.25, 0.3) is 0 Å². The molecule has 336 valence electrons. The minimum atomic E-state index is -0.395. The van der Waals surface area contributed by atoms with Crippen molar-refractivity contribution < 1.29 is 19.2 Å². The maximum Gasteiger partial charge on any atom is 0.245 e. The van der Waals surface area contributed by atoms with E-state index >= 15 is 0 Å². The Morgan fingerprint density at radius 2 is 0.785 bits per heavy atom.